The van der Waals surface area contributed by atoms with E-state index in [-0.39, 0.29) is 9.56 Å². The molecule has 1 N–H and O–H groups in total. The molecule has 0 bridgehead atoms. The van der Waals surface area contributed by atoms with Crippen molar-refractivity contribution in [2.24, 2.45) is 0 Å². The summed E-state index contributed by atoms with van der Waals surface area (Å²) in [7, 11) is -2.28. The van der Waals surface area contributed by atoms with Crippen molar-refractivity contribution < 1.29 is 22.7 Å². The van der Waals surface area contributed by atoms with Gasteiger partial charge in [-0.2, -0.15) is 0 Å². The number of unbranched alkanes of at least 4 members (excludes halogenated alkanes) is 1. The van der Waals surface area contributed by atoms with Crippen LogP contribution in [0, 0.1) is 0 Å². The second-order valence-corrected chi connectivity index (χ2v) is 6.47. The number of nitrogens with zero attached hydrogens (tertiary/aromatic N) is 1. The highest BCUT2D eigenvalue weighted by Gasteiger charge is 2.28. The molecule has 0 fully saturated rings. The molecule has 0 aromatic carbocycles. The van der Waals surface area contributed by atoms with Gasteiger partial charge in [0.2, 0.25) is 15.8 Å². The van der Waals surface area contributed by atoms with Crippen LogP contribution in [0.2, 0.25) is 0 Å². The van der Waals surface area contributed by atoms with Gasteiger partial charge in [0.15, 0.2) is 4.67 Å². The SMILES string of the molecule is CCCCN(C)S(=O)(=O)c1cc(C(=O)O)oc1Br. The highest BCUT2D eigenvalue weighted by molar-refractivity contribution is 9.10. The number of carboxylic acids is 1. The van der Waals surface area contributed by atoms with Crippen LogP contribution in [0.5, 0.6) is 0 Å². The molecule has 0 saturated carbocycles. The molecule has 0 aliphatic heterocycles. The summed E-state index contributed by atoms with van der Waals surface area (Å²) < 4.78 is 30.2. The van der Waals surface area contributed by atoms with Gasteiger partial charge in [0.1, 0.15) is 4.90 Å². The third-order valence-electron chi connectivity index (χ3n) is 2.38. The van der Waals surface area contributed by atoms with E-state index in [2.05, 4.69) is 15.9 Å². The standard InChI is InChI=1S/C10H14BrNO5S/c1-3-4-5-12(2)18(15,16)8-6-7(10(13)14)17-9(8)11/h6H,3-5H2,1-2H3,(H,13,14). The van der Waals surface area contributed by atoms with Gasteiger partial charge >= 0.3 is 5.97 Å². The molecule has 8 heteroatoms. The molecule has 102 valence electrons. The molecular weight excluding hydrogens is 326 g/mol. The van der Waals surface area contributed by atoms with Gasteiger partial charge in [-0.15, -0.1) is 0 Å². The molecule has 0 unspecified atom stereocenters. The van der Waals surface area contributed by atoms with Gasteiger partial charge in [-0.25, -0.2) is 17.5 Å². The molecule has 0 radical (unpaired) electrons. The summed E-state index contributed by atoms with van der Waals surface area (Å²) in [5.74, 6) is -1.72. The molecule has 1 rings (SSSR count). The minimum atomic E-state index is -3.73. The normalized spacial score (nSPS) is 12.0. The van der Waals surface area contributed by atoms with E-state index in [1.165, 1.54) is 11.4 Å². The van der Waals surface area contributed by atoms with Gasteiger partial charge in [-0.1, -0.05) is 13.3 Å². The van der Waals surface area contributed by atoms with Crippen molar-refractivity contribution in [1.29, 1.82) is 0 Å². The van der Waals surface area contributed by atoms with Gasteiger partial charge in [-0.3, -0.25) is 0 Å². The number of sulfonamides is 1. The molecule has 0 aliphatic rings. The largest absolute Gasteiger partial charge is 0.475 e. The summed E-state index contributed by atoms with van der Waals surface area (Å²) in [6.07, 6.45) is 1.60. The highest BCUT2D eigenvalue weighted by Crippen LogP contribution is 2.28. The maximum absolute atomic E-state index is 12.1. The van der Waals surface area contributed by atoms with Crippen molar-refractivity contribution in [3.63, 3.8) is 0 Å². The zero-order valence-electron chi connectivity index (χ0n) is 10.0. The topological polar surface area (TPSA) is 87.8 Å². The van der Waals surface area contributed by atoms with Crippen LogP contribution in [-0.2, 0) is 10.0 Å². The van der Waals surface area contributed by atoms with E-state index in [9.17, 15) is 13.2 Å². The first-order valence-electron chi connectivity index (χ1n) is 5.29. The van der Waals surface area contributed by atoms with Crippen molar-refractivity contribution in [1.82, 2.24) is 4.31 Å². The minimum Gasteiger partial charge on any atom is -0.475 e. The lowest BCUT2D eigenvalue weighted by Gasteiger charge is -2.15. The van der Waals surface area contributed by atoms with Crippen LogP contribution >= 0.6 is 15.9 Å². The van der Waals surface area contributed by atoms with E-state index in [0.717, 1.165) is 18.9 Å². The fourth-order valence-corrected chi connectivity index (χ4v) is 3.41. The van der Waals surface area contributed by atoms with E-state index >= 15 is 0 Å². The first kappa shape index (κ1) is 15.2. The average molecular weight is 340 g/mol. The zero-order valence-corrected chi connectivity index (χ0v) is 12.4. The summed E-state index contributed by atoms with van der Waals surface area (Å²) in [5.41, 5.74) is 0. The summed E-state index contributed by atoms with van der Waals surface area (Å²) in [5, 5.41) is 8.75. The number of aromatic carboxylic acids is 1. The Kier molecular flexibility index (Phi) is 4.94. The highest BCUT2D eigenvalue weighted by atomic mass is 79.9. The zero-order chi connectivity index (χ0) is 13.9. The van der Waals surface area contributed by atoms with Crippen molar-refractivity contribution in [3.05, 3.63) is 16.5 Å². The maximum atomic E-state index is 12.1. The molecular formula is C10H14BrNO5S. The Balaban J connectivity index is 3.08. The molecule has 6 nitrogen and oxygen atoms in total. The van der Waals surface area contributed by atoms with Gasteiger partial charge in [0.25, 0.3) is 0 Å². The number of carboxylic acid groups (broad SMARTS) is 1. The molecule has 0 saturated heterocycles. The second kappa shape index (κ2) is 5.85. The maximum Gasteiger partial charge on any atom is 0.371 e. The lowest BCUT2D eigenvalue weighted by Crippen LogP contribution is -2.27. The number of hydrogen-bond donors (Lipinski definition) is 1. The van der Waals surface area contributed by atoms with Crippen LogP contribution in [0.3, 0.4) is 0 Å². The molecule has 0 atom stereocenters. The van der Waals surface area contributed by atoms with Crippen molar-refractivity contribution in [2.45, 2.75) is 24.7 Å². The van der Waals surface area contributed by atoms with Crippen LogP contribution in [0.15, 0.2) is 20.0 Å². The molecule has 1 heterocycles. The Morgan fingerprint density at radius 1 is 1.56 bits per heavy atom. The first-order valence-corrected chi connectivity index (χ1v) is 7.53. The number of halogens is 1. The van der Waals surface area contributed by atoms with Crippen molar-refractivity contribution >= 4 is 31.9 Å². The van der Waals surface area contributed by atoms with Crippen LogP contribution in [0.4, 0.5) is 0 Å². The Labute approximate surface area is 114 Å². The van der Waals surface area contributed by atoms with E-state index in [1.807, 2.05) is 6.92 Å². The van der Waals surface area contributed by atoms with Gasteiger partial charge in [0.05, 0.1) is 0 Å². The van der Waals surface area contributed by atoms with E-state index in [4.69, 9.17) is 9.52 Å². The number of furan rings is 1. The van der Waals surface area contributed by atoms with Crippen LogP contribution in [0.25, 0.3) is 0 Å². The molecule has 0 spiro atoms. The monoisotopic (exact) mass is 339 g/mol. The van der Waals surface area contributed by atoms with Gasteiger partial charge in [0, 0.05) is 19.7 Å². The Morgan fingerprint density at radius 2 is 2.17 bits per heavy atom. The smallest absolute Gasteiger partial charge is 0.371 e. The van der Waals surface area contributed by atoms with Crippen LogP contribution < -0.4 is 0 Å². The van der Waals surface area contributed by atoms with Crippen LogP contribution in [0.1, 0.15) is 30.3 Å². The summed E-state index contributed by atoms with van der Waals surface area (Å²) in [6.45, 7) is 2.33. The minimum absolute atomic E-state index is 0.0942. The summed E-state index contributed by atoms with van der Waals surface area (Å²) in [6, 6.07) is 1.00. The van der Waals surface area contributed by atoms with E-state index in [0.29, 0.717) is 6.54 Å². The second-order valence-electron chi connectivity index (χ2n) is 3.73. The quantitative estimate of drug-likeness (QED) is 0.857. The predicted octanol–water partition coefficient (Wildman–Crippen LogP) is 2.16. The van der Waals surface area contributed by atoms with Gasteiger partial charge < -0.3 is 9.52 Å². The lowest BCUT2D eigenvalue weighted by atomic mass is 10.3. The first-order chi connectivity index (χ1) is 8.30. The number of hydrogen-bond acceptors (Lipinski definition) is 4. The number of rotatable bonds is 6. The predicted molar refractivity (Wildman–Crippen MR) is 68.1 cm³/mol. The molecule has 1 aromatic heterocycles. The van der Waals surface area contributed by atoms with E-state index in [1.54, 1.807) is 0 Å². The molecule has 0 amide bonds. The fourth-order valence-electron chi connectivity index (χ4n) is 1.30. The third-order valence-corrected chi connectivity index (χ3v) is 5.09. The fraction of sp³-hybridized carbons (Fsp3) is 0.500. The molecule has 0 aliphatic carbocycles. The molecule has 18 heavy (non-hydrogen) atoms. The Bertz CT molecular complexity index is 536. The van der Waals surface area contributed by atoms with Crippen molar-refractivity contribution in [2.75, 3.05) is 13.6 Å². The Morgan fingerprint density at radius 3 is 2.61 bits per heavy atom. The summed E-state index contributed by atoms with van der Waals surface area (Å²) in [4.78, 5) is 10.5. The van der Waals surface area contributed by atoms with Crippen molar-refractivity contribution in [3.8, 4) is 0 Å². The summed E-state index contributed by atoms with van der Waals surface area (Å²) >= 11 is 2.92. The average Bonchev–Trinajstić information content (AvgIpc) is 2.68. The lowest BCUT2D eigenvalue weighted by molar-refractivity contribution is 0.0661. The van der Waals surface area contributed by atoms with Gasteiger partial charge in [-0.05, 0) is 22.4 Å². The molecule has 1 aromatic rings. The number of carbonyl (C=O) groups is 1. The van der Waals surface area contributed by atoms with E-state index < -0.39 is 21.8 Å². The third kappa shape index (κ3) is 3.12. The van der Waals surface area contributed by atoms with Crippen LogP contribution in [-0.4, -0.2) is 37.4 Å². The Hall–Kier alpha value is -0.860.